The Labute approximate surface area is 76.0 Å². The minimum atomic E-state index is -0.437. The summed E-state index contributed by atoms with van der Waals surface area (Å²) in [6.45, 7) is 0. The van der Waals surface area contributed by atoms with Crippen molar-refractivity contribution in [3.63, 3.8) is 0 Å². The molecular formula is C7H4FIN2. The van der Waals surface area contributed by atoms with E-state index in [1.54, 1.807) is 0 Å². The minimum absolute atomic E-state index is 0.437. The van der Waals surface area contributed by atoms with E-state index in [2.05, 4.69) is 32.6 Å². The van der Waals surface area contributed by atoms with Crippen molar-refractivity contribution in [1.82, 2.24) is 9.97 Å². The fraction of sp³-hybridized carbons (Fsp3) is 0. The van der Waals surface area contributed by atoms with Gasteiger partial charge in [-0.1, -0.05) is 0 Å². The largest absolute Gasteiger partial charge is 0.349 e. The number of pyridine rings is 1. The van der Waals surface area contributed by atoms with Crippen molar-refractivity contribution in [2.24, 2.45) is 0 Å². The molecule has 11 heavy (non-hydrogen) atoms. The van der Waals surface area contributed by atoms with Gasteiger partial charge in [0.05, 0.1) is 15.4 Å². The van der Waals surface area contributed by atoms with Gasteiger partial charge in [0, 0.05) is 11.5 Å². The first kappa shape index (κ1) is 7.02. The lowest BCUT2D eigenvalue weighted by Crippen LogP contribution is -1.78. The second-order valence-corrected chi connectivity index (χ2v) is 3.37. The standard InChI is InChI=1S/C7H4FIN2/c8-6-1-4-2-7(9)11-5(4)3-10-6/h1-3,11H. The predicted molar refractivity (Wildman–Crippen MR) is 48.8 cm³/mol. The monoisotopic (exact) mass is 262 g/mol. The number of fused-ring (bicyclic) bond motifs is 1. The summed E-state index contributed by atoms with van der Waals surface area (Å²) in [6, 6.07) is 3.29. The molecule has 0 aliphatic carbocycles. The smallest absolute Gasteiger partial charge is 0.213 e. The van der Waals surface area contributed by atoms with Crippen molar-refractivity contribution < 1.29 is 4.39 Å². The number of nitrogens with one attached hydrogen (secondary N) is 1. The Bertz CT molecular complexity index is 396. The highest BCUT2D eigenvalue weighted by Gasteiger charge is 1.99. The predicted octanol–water partition coefficient (Wildman–Crippen LogP) is 2.31. The number of aromatic amines is 1. The van der Waals surface area contributed by atoms with Crippen LogP contribution in [0.4, 0.5) is 4.39 Å². The van der Waals surface area contributed by atoms with Crippen LogP contribution in [0.3, 0.4) is 0 Å². The van der Waals surface area contributed by atoms with Crippen molar-refractivity contribution in [3.05, 3.63) is 28.0 Å². The molecule has 0 aliphatic rings. The molecule has 0 radical (unpaired) electrons. The summed E-state index contributed by atoms with van der Waals surface area (Å²) in [6.07, 6.45) is 1.49. The van der Waals surface area contributed by atoms with Crippen LogP contribution in [0.15, 0.2) is 18.3 Å². The van der Waals surface area contributed by atoms with Crippen LogP contribution in [0.2, 0.25) is 0 Å². The van der Waals surface area contributed by atoms with Gasteiger partial charge in [-0.05, 0) is 28.7 Å². The lowest BCUT2D eigenvalue weighted by molar-refractivity contribution is 0.586. The average Bonchev–Trinajstić information content (AvgIpc) is 2.27. The molecule has 0 bridgehead atoms. The number of hydrogen-bond donors (Lipinski definition) is 1. The molecule has 2 nitrogen and oxygen atoms in total. The molecule has 0 saturated heterocycles. The molecule has 1 N–H and O–H groups in total. The number of nitrogens with zero attached hydrogens (tertiary/aromatic N) is 1. The van der Waals surface area contributed by atoms with Gasteiger partial charge in [0.25, 0.3) is 0 Å². The van der Waals surface area contributed by atoms with Crippen molar-refractivity contribution in [2.75, 3.05) is 0 Å². The maximum atomic E-state index is 12.5. The topological polar surface area (TPSA) is 28.7 Å². The Morgan fingerprint density at radius 3 is 3.09 bits per heavy atom. The molecule has 0 saturated carbocycles. The first-order chi connectivity index (χ1) is 5.25. The summed E-state index contributed by atoms with van der Waals surface area (Å²) in [5.74, 6) is -0.437. The van der Waals surface area contributed by atoms with Crippen LogP contribution in [0.25, 0.3) is 10.9 Å². The van der Waals surface area contributed by atoms with Gasteiger partial charge in [-0.3, -0.25) is 0 Å². The van der Waals surface area contributed by atoms with Gasteiger partial charge in [-0.25, -0.2) is 4.98 Å². The molecular weight excluding hydrogens is 258 g/mol. The first-order valence-corrected chi connectivity index (χ1v) is 4.13. The third-order valence-corrected chi connectivity index (χ3v) is 2.02. The second-order valence-electron chi connectivity index (χ2n) is 2.21. The summed E-state index contributed by atoms with van der Waals surface area (Å²) in [7, 11) is 0. The molecule has 0 fully saturated rings. The van der Waals surface area contributed by atoms with Gasteiger partial charge < -0.3 is 4.98 Å². The van der Waals surface area contributed by atoms with Crippen LogP contribution in [-0.4, -0.2) is 9.97 Å². The molecule has 0 amide bonds. The molecule has 2 heterocycles. The molecule has 0 aliphatic heterocycles. The Morgan fingerprint density at radius 1 is 1.45 bits per heavy atom. The van der Waals surface area contributed by atoms with Crippen LogP contribution >= 0.6 is 22.6 Å². The summed E-state index contributed by atoms with van der Waals surface area (Å²) >= 11 is 2.14. The third-order valence-electron chi connectivity index (χ3n) is 1.44. The first-order valence-electron chi connectivity index (χ1n) is 3.05. The van der Waals surface area contributed by atoms with Crippen LogP contribution < -0.4 is 0 Å². The Kier molecular flexibility index (Phi) is 1.56. The van der Waals surface area contributed by atoms with Gasteiger partial charge in [0.2, 0.25) is 5.95 Å². The quantitative estimate of drug-likeness (QED) is 0.572. The zero-order valence-electron chi connectivity index (χ0n) is 5.44. The molecule has 2 aromatic rings. The van der Waals surface area contributed by atoms with E-state index in [1.165, 1.54) is 12.3 Å². The van der Waals surface area contributed by atoms with Crippen molar-refractivity contribution >= 4 is 33.5 Å². The van der Waals surface area contributed by atoms with E-state index >= 15 is 0 Å². The van der Waals surface area contributed by atoms with Gasteiger partial charge in [0.15, 0.2) is 0 Å². The van der Waals surface area contributed by atoms with E-state index in [0.29, 0.717) is 0 Å². The normalized spacial score (nSPS) is 10.7. The third kappa shape index (κ3) is 1.22. The zero-order valence-corrected chi connectivity index (χ0v) is 7.59. The maximum Gasteiger partial charge on any atom is 0.213 e. The lowest BCUT2D eigenvalue weighted by Gasteiger charge is -1.86. The van der Waals surface area contributed by atoms with E-state index in [0.717, 1.165) is 14.6 Å². The molecule has 2 aromatic heterocycles. The SMILES string of the molecule is Fc1cc2cc(I)[nH]c2cn1. The summed E-state index contributed by atoms with van der Waals surface area (Å²) in [5.41, 5.74) is 0.871. The second kappa shape index (κ2) is 2.44. The molecule has 0 atom stereocenters. The highest BCUT2D eigenvalue weighted by atomic mass is 127. The Hall–Kier alpha value is -0.650. The fourth-order valence-corrected chi connectivity index (χ4v) is 1.60. The van der Waals surface area contributed by atoms with E-state index < -0.39 is 5.95 Å². The van der Waals surface area contributed by atoms with E-state index in [4.69, 9.17) is 0 Å². The van der Waals surface area contributed by atoms with Gasteiger partial charge in [-0.2, -0.15) is 4.39 Å². The molecule has 56 valence electrons. The van der Waals surface area contributed by atoms with Gasteiger partial charge in [-0.15, -0.1) is 0 Å². The van der Waals surface area contributed by atoms with Crippen LogP contribution in [0.5, 0.6) is 0 Å². The van der Waals surface area contributed by atoms with E-state index in [9.17, 15) is 4.39 Å². The fourth-order valence-electron chi connectivity index (χ4n) is 0.969. The number of aromatic nitrogens is 2. The van der Waals surface area contributed by atoms with E-state index in [1.807, 2.05) is 6.07 Å². The van der Waals surface area contributed by atoms with Crippen molar-refractivity contribution in [3.8, 4) is 0 Å². The van der Waals surface area contributed by atoms with Crippen molar-refractivity contribution in [1.29, 1.82) is 0 Å². The summed E-state index contributed by atoms with van der Waals surface area (Å²) < 4.78 is 13.5. The van der Waals surface area contributed by atoms with Crippen LogP contribution in [-0.2, 0) is 0 Å². The molecule has 2 rings (SSSR count). The number of halogens is 2. The lowest BCUT2D eigenvalue weighted by atomic mass is 10.3. The average molecular weight is 262 g/mol. The summed E-state index contributed by atoms with van der Waals surface area (Å²) in [5, 5.41) is 0.863. The highest BCUT2D eigenvalue weighted by molar-refractivity contribution is 14.1. The summed E-state index contributed by atoms with van der Waals surface area (Å²) in [4.78, 5) is 6.56. The number of rotatable bonds is 0. The molecule has 0 aromatic carbocycles. The molecule has 0 spiro atoms. The Morgan fingerprint density at radius 2 is 2.27 bits per heavy atom. The van der Waals surface area contributed by atoms with E-state index in [-0.39, 0.29) is 0 Å². The number of hydrogen-bond acceptors (Lipinski definition) is 1. The minimum Gasteiger partial charge on any atom is -0.349 e. The molecule has 0 unspecified atom stereocenters. The highest BCUT2D eigenvalue weighted by Crippen LogP contribution is 2.15. The van der Waals surface area contributed by atoms with Gasteiger partial charge in [0.1, 0.15) is 0 Å². The van der Waals surface area contributed by atoms with Crippen LogP contribution in [0, 0.1) is 9.65 Å². The maximum absolute atomic E-state index is 12.5. The van der Waals surface area contributed by atoms with Crippen LogP contribution in [0.1, 0.15) is 0 Å². The van der Waals surface area contributed by atoms with Crippen molar-refractivity contribution in [2.45, 2.75) is 0 Å². The number of H-pyrrole nitrogens is 1. The van der Waals surface area contributed by atoms with Gasteiger partial charge >= 0.3 is 0 Å². The zero-order chi connectivity index (χ0) is 7.84. The Balaban J connectivity index is 2.82. The molecule has 4 heteroatoms.